The maximum absolute atomic E-state index is 13.4. The minimum absolute atomic E-state index is 0.0613. The number of guanidine groups is 1. The molecule has 0 saturated carbocycles. The third-order valence-corrected chi connectivity index (χ3v) is 10.8. The molecule has 0 fully saturated rings. The van der Waals surface area contributed by atoms with Crippen molar-refractivity contribution in [1.82, 2.24) is 10.6 Å². The van der Waals surface area contributed by atoms with E-state index in [0.29, 0.717) is 25.3 Å². The number of amides is 2. The van der Waals surface area contributed by atoms with Gasteiger partial charge in [0.05, 0.1) is 12.1 Å². The highest BCUT2D eigenvalue weighted by Crippen LogP contribution is 2.36. The van der Waals surface area contributed by atoms with Gasteiger partial charge in [0.1, 0.15) is 18.0 Å². The predicted molar refractivity (Wildman–Crippen MR) is 160 cm³/mol. The number of aliphatic imine (C=N–C) groups is 1. The number of nitrogens with one attached hydrogen (secondary N) is 2. The normalized spacial score (nSPS) is 12.3. The van der Waals surface area contributed by atoms with Crippen LogP contribution in [0.4, 0.5) is 10.5 Å². The number of hydrogen-bond donors (Lipinski definition) is 2. The van der Waals surface area contributed by atoms with E-state index in [1.54, 1.807) is 32.9 Å². The molecule has 0 saturated heterocycles. The Kier molecular flexibility index (Phi) is 11.5. The number of carbonyl (C=O) groups is 2. The van der Waals surface area contributed by atoms with Crippen LogP contribution in [0.1, 0.15) is 63.9 Å². The minimum Gasteiger partial charge on any atom is -0.488 e. The summed E-state index contributed by atoms with van der Waals surface area (Å²) in [6.07, 6.45) is -0.153. The Labute approximate surface area is 239 Å². The minimum atomic E-state index is -1.90. The molecule has 0 spiro atoms. The van der Waals surface area contributed by atoms with Crippen molar-refractivity contribution in [2.24, 2.45) is 4.99 Å². The second-order valence-electron chi connectivity index (χ2n) is 11.8. The van der Waals surface area contributed by atoms with Crippen molar-refractivity contribution >= 4 is 32.0 Å². The van der Waals surface area contributed by atoms with Gasteiger partial charge < -0.3 is 13.9 Å². The molecule has 0 aromatic heterocycles. The Balaban J connectivity index is 2.20. The fraction of sp³-hybridized carbons (Fsp3) is 0.467. The Morgan fingerprint density at radius 1 is 1.00 bits per heavy atom. The fourth-order valence-electron chi connectivity index (χ4n) is 3.11. The first-order valence-corrected chi connectivity index (χ1v) is 16.2. The van der Waals surface area contributed by atoms with Crippen molar-refractivity contribution in [2.45, 2.75) is 78.3 Å². The van der Waals surface area contributed by atoms with E-state index >= 15 is 0 Å². The molecule has 0 aliphatic heterocycles. The molecule has 0 unspecified atom stereocenters. The Bertz CT molecular complexity index is 1230. The van der Waals surface area contributed by atoms with E-state index in [4.69, 9.17) is 20.5 Å². The molecule has 10 heteroatoms. The second-order valence-corrected chi connectivity index (χ2v) is 16.6. The standard InChI is InChI=1S/C30H42N4O5Si/c1-29(2,3)39-28(36)34-27(32-18-13-19-38-40(8,9)30(4,5)6)33-26(35)24-20-23(31-7)16-17-25(24)37-21-22-14-11-10-12-15-22/h10-12,14-17,20H,13,18-19,21H2,1-6,8-9H3,(H2,32,33,34,35,36). The highest BCUT2D eigenvalue weighted by atomic mass is 28.4. The van der Waals surface area contributed by atoms with Crippen LogP contribution in [-0.4, -0.2) is 45.0 Å². The molecule has 2 aromatic rings. The number of nitrogens with zero attached hydrogens (tertiary/aromatic N) is 2. The number of ether oxygens (including phenoxy) is 2. The summed E-state index contributed by atoms with van der Waals surface area (Å²) in [6.45, 7) is 24.5. The van der Waals surface area contributed by atoms with Crippen LogP contribution in [-0.2, 0) is 15.8 Å². The van der Waals surface area contributed by atoms with Gasteiger partial charge in [0.2, 0.25) is 5.96 Å². The molecular formula is C30H42N4O5Si. The van der Waals surface area contributed by atoms with Crippen molar-refractivity contribution in [3.05, 3.63) is 71.1 Å². The highest BCUT2D eigenvalue weighted by molar-refractivity contribution is 6.74. The quantitative estimate of drug-likeness (QED) is 0.114. The zero-order chi connectivity index (χ0) is 30.0. The third kappa shape index (κ3) is 10.8. The average molecular weight is 567 g/mol. The van der Waals surface area contributed by atoms with Crippen molar-refractivity contribution < 1.29 is 23.5 Å². The number of hydrogen-bond acceptors (Lipinski definition) is 6. The van der Waals surface area contributed by atoms with E-state index < -0.39 is 25.9 Å². The van der Waals surface area contributed by atoms with Crippen LogP contribution in [0.15, 0.2) is 53.5 Å². The molecule has 2 N–H and O–H groups in total. The molecule has 0 radical (unpaired) electrons. The monoisotopic (exact) mass is 566 g/mol. The van der Waals surface area contributed by atoms with Gasteiger partial charge in [-0.3, -0.25) is 20.4 Å². The summed E-state index contributed by atoms with van der Waals surface area (Å²) in [4.78, 5) is 33.7. The molecule has 0 bridgehead atoms. The number of carbonyl (C=O) groups excluding carboxylic acids is 2. The molecule has 0 aliphatic carbocycles. The number of alkyl carbamates (subject to hydrolysis) is 1. The van der Waals surface area contributed by atoms with Crippen LogP contribution in [0.25, 0.3) is 4.85 Å². The topological polar surface area (TPSA) is 103 Å². The van der Waals surface area contributed by atoms with Crippen molar-refractivity contribution in [1.29, 1.82) is 0 Å². The molecule has 2 rings (SSSR count). The first-order chi connectivity index (χ1) is 18.6. The maximum atomic E-state index is 13.4. The Morgan fingerprint density at radius 2 is 1.68 bits per heavy atom. The first kappa shape index (κ1) is 32.5. The molecule has 0 heterocycles. The van der Waals surface area contributed by atoms with Gasteiger partial charge in [-0.1, -0.05) is 57.2 Å². The maximum Gasteiger partial charge on any atom is 0.414 e. The van der Waals surface area contributed by atoms with E-state index in [1.807, 2.05) is 30.3 Å². The van der Waals surface area contributed by atoms with Crippen LogP contribution in [0.2, 0.25) is 18.1 Å². The van der Waals surface area contributed by atoms with Gasteiger partial charge >= 0.3 is 6.09 Å². The van der Waals surface area contributed by atoms with E-state index in [1.165, 1.54) is 6.07 Å². The van der Waals surface area contributed by atoms with Gasteiger partial charge in [0.15, 0.2) is 14.0 Å². The summed E-state index contributed by atoms with van der Waals surface area (Å²) in [5.74, 6) is -0.345. The lowest BCUT2D eigenvalue weighted by Crippen LogP contribution is -2.46. The molecule has 0 aliphatic rings. The smallest absolute Gasteiger partial charge is 0.414 e. The summed E-state index contributed by atoms with van der Waals surface area (Å²) in [7, 11) is -1.90. The largest absolute Gasteiger partial charge is 0.488 e. The van der Waals surface area contributed by atoms with Gasteiger partial charge in [-0.25, -0.2) is 9.64 Å². The molecule has 40 heavy (non-hydrogen) atoms. The van der Waals surface area contributed by atoms with Crippen LogP contribution in [0.3, 0.4) is 0 Å². The Morgan fingerprint density at radius 3 is 2.27 bits per heavy atom. The molecule has 2 aromatic carbocycles. The van der Waals surface area contributed by atoms with Gasteiger partial charge in [-0.05, 0) is 63.0 Å². The van der Waals surface area contributed by atoms with E-state index in [0.717, 1.165) is 5.56 Å². The highest BCUT2D eigenvalue weighted by Gasteiger charge is 2.36. The third-order valence-electron chi connectivity index (χ3n) is 6.27. The molecule has 216 valence electrons. The summed E-state index contributed by atoms with van der Waals surface area (Å²) < 4.78 is 17.5. The number of rotatable bonds is 9. The van der Waals surface area contributed by atoms with E-state index in [9.17, 15) is 9.59 Å². The SMILES string of the molecule is [C-]#[N+]c1ccc(OCc2ccccc2)c(C(=O)NC(=NCCCO[Si](C)(C)C(C)(C)C)NC(=O)OC(C)(C)C)c1. The van der Waals surface area contributed by atoms with Crippen molar-refractivity contribution in [2.75, 3.05) is 13.2 Å². The summed E-state index contributed by atoms with van der Waals surface area (Å²) in [6, 6.07) is 14.1. The first-order valence-electron chi connectivity index (χ1n) is 13.3. The summed E-state index contributed by atoms with van der Waals surface area (Å²) >= 11 is 0. The van der Waals surface area contributed by atoms with Gasteiger partial charge in [0, 0.05) is 13.2 Å². The lowest BCUT2D eigenvalue weighted by atomic mass is 10.1. The molecule has 9 nitrogen and oxygen atoms in total. The van der Waals surface area contributed by atoms with Gasteiger partial charge in [-0.15, -0.1) is 0 Å². The van der Waals surface area contributed by atoms with Crippen LogP contribution >= 0.6 is 0 Å². The van der Waals surface area contributed by atoms with Crippen molar-refractivity contribution in [3.8, 4) is 5.75 Å². The van der Waals surface area contributed by atoms with Gasteiger partial charge in [-0.2, -0.15) is 0 Å². The van der Waals surface area contributed by atoms with Gasteiger partial charge in [0.25, 0.3) is 5.91 Å². The zero-order valence-corrected chi connectivity index (χ0v) is 25.9. The predicted octanol–water partition coefficient (Wildman–Crippen LogP) is 6.84. The van der Waals surface area contributed by atoms with Crippen LogP contribution < -0.4 is 15.4 Å². The fourth-order valence-corrected chi connectivity index (χ4v) is 4.20. The zero-order valence-electron chi connectivity index (χ0n) is 24.9. The molecular weight excluding hydrogens is 524 g/mol. The average Bonchev–Trinajstić information content (AvgIpc) is 2.85. The molecule has 2 amide bonds. The van der Waals surface area contributed by atoms with E-state index in [-0.39, 0.29) is 28.9 Å². The number of benzene rings is 2. The summed E-state index contributed by atoms with van der Waals surface area (Å²) in [5, 5.41) is 5.28. The second kappa shape index (κ2) is 14.1. The molecule has 0 atom stereocenters. The Hall–Kier alpha value is -3.68. The van der Waals surface area contributed by atoms with E-state index in [2.05, 4.69) is 54.3 Å². The van der Waals surface area contributed by atoms with Crippen LogP contribution in [0, 0.1) is 6.57 Å². The van der Waals surface area contributed by atoms with Crippen LogP contribution in [0.5, 0.6) is 5.75 Å². The lowest BCUT2D eigenvalue weighted by molar-refractivity contribution is 0.0561. The summed E-state index contributed by atoms with van der Waals surface area (Å²) in [5.41, 5.74) is 0.610. The lowest BCUT2D eigenvalue weighted by Gasteiger charge is -2.36. The van der Waals surface area contributed by atoms with Crippen molar-refractivity contribution in [3.63, 3.8) is 0 Å².